The first-order valence-electron chi connectivity index (χ1n) is 6.46. The van der Waals surface area contributed by atoms with Gasteiger partial charge < -0.3 is 14.9 Å². The van der Waals surface area contributed by atoms with E-state index >= 15 is 0 Å². The number of carboxylic acids is 1. The van der Waals surface area contributed by atoms with Crippen molar-refractivity contribution in [1.29, 1.82) is 0 Å². The number of carboxylic acid groups (broad SMARTS) is 1. The molecule has 0 unspecified atom stereocenters. The molecule has 2 saturated heterocycles. The summed E-state index contributed by atoms with van der Waals surface area (Å²) in [7, 11) is 0. The summed E-state index contributed by atoms with van der Waals surface area (Å²) < 4.78 is 0. The van der Waals surface area contributed by atoms with E-state index in [0.29, 0.717) is 39.3 Å². The Kier molecular flexibility index (Phi) is 4.04. The van der Waals surface area contributed by atoms with Gasteiger partial charge in [-0.15, -0.1) is 0 Å². The highest BCUT2D eigenvalue weighted by molar-refractivity contribution is 5.80. The topological polar surface area (TPSA) is 81.2 Å². The normalized spacial score (nSPS) is 21.1. The van der Waals surface area contributed by atoms with E-state index < -0.39 is 5.97 Å². The van der Waals surface area contributed by atoms with E-state index in [9.17, 15) is 14.4 Å². The molecule has 2 aliphatic rings. The van der Waals surface area contributed by atoms with Crippen LogP contribution >= 0.6 is 0 Å². The monoisotopic (exact) mass is 269 g/mol. The van der Waals surface area contributed by atoms with Gasteiger partial charge in [0.15, 0.2) is 0 Å². The van der Waals surface area contributed by atoms with Gasteiger partial charge in [0.05, 0.1) is 12.5 Å². The molecule has 0 aromatic carbocycles. The van der Waals surface area contributed by atoms with Crippen molar-refractivity contribution in [2.45, 2.75) is 6.92 Å². The highest BCUT2D eigenvalue weighted by Crippen LogP contribution is 2.15. The van der Waals surface area contributed by atoms with E-state index in [1.165, 1.54) is 6.92 Å². The van der Waals surface area contributed by atoms with Gasteiger partial charge >= 0.3 is 5.97 Å². The summed E-state index contributed by atoms with van der Waals surface area (Å²) in [5, 5.41) is 8.76. The van der Waals surface area contributed by atoms with Crippen molar-refractivity contribution in [2.75, 3.05) is 45.8 Å². The van der Waals surface area contributed by atoms with Crippen molar-refractivity contribution in [2.24, 2.45) is 5.92 Å². The van der Waals surface area contributed by atoms with Crippen LogP contribution in [0.1, 0.15) is 6.92 Å². The molecule has 2 amide bonds. The number of hydrogen-bond donors (Lipinski definition) is 1. The first kappa shape index (κ1) is 13.8. The Labute approximate surface area is 111 Å². The van der Waals surface area contributed by atoms with Crippen LogP contribution in [0, 0.1) is 5.92 Å². The summed E-state index contributed by atoms with van der Waals surface area (Å²) in [4.78, 5) is 39.1. The maximum atomic E-state index is 12.0. The molecule has 0 aliphatic carbocycles. The highest BCUT2D eigenvalue weighted by Gasteiger charge is 2.34. The van der Waals surface area contributed by atoms with Gasteiger partial charge in [-0.1, -0.05) is 0 Å². The van der Waals surface area contributed by atoms with E-state index in [0.717, 1.165) is 0 Å². The summed E-state index contributed by atoms with van der Waals surface area (Å²) >= 11 is 0. The van der Waals surface area contributed by atoms with Crippen LogP contribution in [0.25, 0.3) is 0 Å². The van der Waals surface area contributed by atoms with Crippen LogP contribution < -0.4 is 0 Å². The van der Waals surface area contributed by atoms with Gasteiger partial charge in [-0.25, -0.2) is 0 Å². The second-order valence-electron chi connectivity index (χ2n) is 5.12. The third-order valence-electron chi connectivity index (χ3n) is 3.74. The molecule has 2 fully saturated rings. The molecule has 0 aromatic heterocycles. The standard InChI is InChI=1S/C12H19N3O4/c1-9(16)14-2-4-15(5-3-14)11(17)8-13-6-10(7-13)12(18)19/h10H,2-8H2,1H3,(H,18,19). The number of nitrogens with zero attached hydrogens (tertiary/aromatic N) is 3. The predicted molar refractivity (Wildman–Crippen MR) is 66.4 cm³/mol. The minimum atomic E-state index is -0.793. The van der Waals surface area contributed by atoms with Crippen LogP contribution in [0.3, 0.4) is 0 Å². The molecule has 7 heteroatoms. The molecular weight excluding hydrogens is 250 g/mol. The van der Waals surface area contributed by atoms with Gasteiger partial charge in [0.2, 0.25) is 11.8 Å². The molecule has 7 nitrogen and oxygen atoms in total. The van der Waals surface area contributed by atoms with Crippen LogP contribution in [-0.2, 0) is 14.4 Å². The molecule has 106 valence electrons. The minimum absolute atomic E-state index is 0.0204. The third-order valence-corrected chi connectivity index (χ3v) is 3.74. The molecule has 0 bridgehead atoms. The minimum Gasteiger partial charge on any atom is -0.481 e. The first-order valence-corrected chi connectivity index (χ1v) is 6.46. The average molecular weight is 269 g/mol. The fourth-order valence-corrected chi connectivity index (χ4v) is 2.42. The summed E-state index contributed by atoms with van der Waals surface area (Å²) in [6.45, 7) is 5.01. The van der Waals surface area contributed by atoms with E-state index in [1.54, 1.807) is 9.80 Å². The summed E-state index contributed by atoms with van der Waals surface area (Å²) in [5.41, 5.74) is 0. The third kappa shape index (κ3) is 3.23. The molecule has 2 heterocycles. The Morgan fingerprint density at radius 3 is 2.05 bits per heavy atom. The first-order chi connectivity index (χ1) is 8.97. The van der Waals surface area contributed by atoms with Gasteiger partial charge in [-0.05, 0) is 0 Å². The fourth-order valence-electron chi connectivity index (χ4n) is 2.42. The lowest BCUT2D eigenvalue weighted by Gasteiger charge is -2.39. The Bertz CT molecular complexity index is 384. The Morgan fingerprint density at radius 1 is 1.05 bits per heavy atom. The molecule has 0 saturated carbocycles. The van der Waals surface area contributed by atoms with Gasteiger partial charge in [-0.2, -0.15) is 0 Å². The smallest absolute Gasteiger partial charge is 0.309 e. The lowest BCUT2D eigenvalue weighted by molar-refractivity contribution is -0.150. The van der Waals surface area contributed by atoms with Crippen molar-refractivity contribution >= 4 is 17.8 Å². The molecule has 19 heavy (non-hydrogen) atoms. The summed E-state index contributed by atoms with van der Waals surface area (Å²) in [5.74, 6) is -1.06. The van der Waals surface area contributed by atoms with Crippen molar-refractivity contribution in [1.82, 2.24) is 14.7 Å². The van der Waals surface area contributed by atoms with Crippen LogP contribution in [0.2, 0.25) is 0 Å². The molecule has 1 N–H and O–H groups in total. The van der Waals surface area contributed by atoms with Crippen molar-refractivity contribution in [3.8, 4) is 0 Å². The number of hydrogen-bond acceptors (Lipinski definition) is 4. The number of likely N-dealkylation sites (tertiary alicyclic amines) is 1. The Hall–Kier alpha value is -1.63. The second kappa shape index (κ2) is 5.56. The lowest BCUT2D eigenvalue weighted by atomic mass is 10.0. The molecule has 0 aromatic rings. The number of carbonyl (C=O) groups excluding carboxylic acids is 2. The number of rotatable bonds is 3. The van der Waals surface area contributed by atoms with Crippen molar-refractivity contribution in [3.05, 3.63) is 0 Å². The van der Waals surface area contributed by atoms with Crippen LogP contribution in [0.4, 0.5) is 0 Å². The number of piperazine rings is 1. The van der Waals surface area contributed by atoms with Crippen LogP contribution in [-0.4, -0.2) is 83.4 Å². The number of carbonyl (C=O) groups is 3. The molecule has 0 spiro atoms. The van der Waals surface area contributed by atoms with Gasteiger partial charge in [0.1, 0.15) is 0 Å². The molecular formula is C12H19N3O4. The Morgan fingerprint density at radius 2 is 1.58 bits per heavy atom. The largest absolute Gasteiger partial charge is 0.481 e. The summed E-state index contributed by atoms with van der Waals surface area (Å²) in [6.07, 6.45) is 0. The molecule has 0 radical (unpaired) electrons. The SMILES string of the molecule is CC(=O)N1CCN(C(=O)CN2CC(C(=O)O)C2)CC1. The maximum absolute atomic E-state index is 12.0. The highest BCUT2D eigenvalue weighted by atomic mass is 16.4. The van der Waals surface area contributed by atoms with Crippen LogP contribution in [0.15, 0.2) is 0 Å². The number of amides is 2. The summed E-state index contributed by atoms with van der Waals surface area (Å²) in [6, 6.07) is 0. The quantitative estimate of drug-likeness (QED) is 0.688. The zero-order valence-corrected chi connectivity index (χ0v) is 11.0. The number of aliphatic carboxylic acids is 1. The zero-order valence-electron chi connectivity index (χ0n) is 11.0. The molecule has 2 rings (SSSR count). The zero-order chi connectivity index (χ0) is 14.0. The lowest BCUT2D eigenvalue weighted by Crippen LogP contribution is -2.56. The van der Waals surface area contributed by atoms with E-state index in [4.69, 9.17) is 5.11 Å². The van der Waals surface area contributed by atoms with E-state index in [-0.39, 0.29) is 24.3 Å². The van der Waals surface area contributed by atoms with Gasteiger partial charge in [-0.3, -0.25) is 19.3 Å². The van der Waals surface area contributed by atoms with Gasteiger partial charge in [0, 0.05) is 46.2 Å². The predicted octanol–water partition coefficient (Wildman–Crippen LogP) is -1.31. The maximum Gasteiger partial charge on any atom is 0.309 e. The van der Waals surface area contributed by atoms with Crippen molar-refractivity contribution < 1.29 is 19.5 Å². The fraction of sp³-hybridized carbons (Fsp3) is 0.750. The molecule has 0 atom stereocenters. The van der Waals surface area contributed by atoms with Crippen LogP contribution in [0.5, 0.6) is 0 Å². The van der Waals surface area contributed by atoms with E-state index in [1.807, 2.05) is 4.90 Å². The van der Waals surface area contributed by atoms with E-state index in [2.05, 4.69) is 0 Å². The average Bonchev–Trinajstić information content (AvgIpc) is 2.32. The van der Waals surface area contributed by atoms with Gasteiger partial charge in [0.25, 0.3) is 0 Å². The Balaban J connectivity index is 1.71. The van der Waals surface area contributed by atoms with Crippen molar-refractivity contribution in [3.63, 3.8) is 0 Å². The second-order valence-corrected chi connectivity index (χ2v) is 5.12. The molecule has 2 aliphatic heterocycles.